The van der Waals surface area contributed by atoms with E-state index in [9.17, 15) is 4.79 Å². The lowest BCUT2D eigenvalue weighted by atomic mass is 10.0. The number of hydrogen-bond acceptors (Lipinski definition) is 5. The van der Waals surface area contributed by atoms with Gasteiger partial charge in [0.2, 0.25) is 5.91 Å². The third-order valence-corrected chi connectivity index (χ3v) is 7.31. The summed E-state index contributed by atoms with van der Waals surface area (Å²) in [4.78, 5) is 27.1. The molecular formula is C28H27N7O. The van der Waals surface area contributed by atoms with E-state index in [2.05, 4.69) is 59.6 Å². The third-order valence-electron chi connectivity index (χ3n) is 7.31. The van der Waals surface area contributed by atoms with E-state index in [1.54, 1.807) is 6.20 Å². The van der Waals surface area contributed by atoms with Crippen molar-refractivity contribution < 1.29 is 4.79 Å². The SMILES string of the molecule is O=C(Nc1cncc(-c2ccc3[nH]nc(-c4cc5c(N6CCCCC6)ccnc5[nH]4)c3c2)c1)C1CC1. The van der Waals surface area contributed by atoms with Gasteiger partial charge in [-0.05, 0) is 68.0 Å². The number of piperidine rings is 1. The first-order valence-corrected chi connectivity index (χ1v) is 12.7. The smallest absolute Gasteiger partial charge is 0.227 e. The fraction of sp³-hybridized carbons (Fsp3) is 0.286. The van der Waals surface area contributed by atoms with E-state index in [4.69, 9.17) is 0 Å². The van der Waals surface area contributed by atoms with Crippen LogP contribution in [0.4, 0.5) is 11.4 Å². The molecule has 0 radical (unpaired) electrons. The molecule has 1 aliphatic carbocycles. The Balaban J connectivity index is 1.25. The zero-order chi connectivity index (χ0) is 24.1. The lowest BCUT2D eigenvalue weighted by Crippen LogP contribution is -2.29. The number of fused-ring (bicyclic) bond motifs is 2. The summed E-state index contributed by atoms with van der Waals surface area (Å²) in [7, 11) is 0. The topological polar surface area (TPSA) is 103 Å². The first-order chi connectivity index (χ1) is 17.7. The second-order valence-corrected chi connectivity index (χ2v) is 9.88. The summed E-state index contributed by atoms with van der Waals surface area (Å²) in [6.45, 7) is 2.17. The Morgan fingerprint density at radius 2 is 1.86 bits per heavy atom. The summed E-state index contributed by atoms with van der Waals surface area (Å²) in [5, 5.41) is 13.0. The van der Waals surface area contributed by atoms with Crippen molar-refractivity contribution in [1.29, 1.82) is 0 Å². The number of aromatic nitrogens is 5. The van der Waals surface area contributed by atoms with Crippen LogP contribution in [0.3, 0.4) is 0 Å². The minimum absolute atomic E-state index is 0.0814. The van der Waals surface area contributed by atoms with E-state index < -0.39 is 0 Å². The Morgan fingerprint density at radius 1 is 0.972 bits per heavy atom. The standard InChI is InChI=1S/C28H27N7O/c36-28(17-4-5-17)31-20-12-19(15-29-16-20)18-6-7-23-21(13-18)26(34-33-23)24-14-22-25(8-9-30-27(22)32-24)35-10-2-1-3-11-35/h6-9,12-17H,1-5,10-11H2,(H,30,32)(H,31,36)(H,33,34). The van der Waals surface area contributed by atoms with Crippen LogP contribution in [0, 0.1) is 5.92 Å². The van der Waals surface area contributed by atoms with Gasteiger partial charge in [0.05, 0.1) is 23.1 Å². The van der Waals surface area contributed by atoms with Crippen molar-refractivity contribution >= 4 is 39.2 Å². The van der Waals surface area contributed by atoms with Crippen LogP contribution in [-0.4, -0.2) is 44.1 Å². The summed E-state index contributed by atoms with van der Waals surface area (Å²) in [5.74, 6) is 0.234. The summed E-state index contributed by atoms with van der Waals surface area (Å²) in [5.41, 5.74) is 7.57. The Morgan fingerprint density at radius 3 is 2.72 bits per heavy atom. The van der Waals surface area contributed by atoms with Crippen molar-refractivity contribution in [1.82, 2.24) is 25.1 Å². The Kier molecular flexibility index (Phi) is 4.97. The van der Waals surface area contributed by atoms with Gasteiger partial charge in [0.25, 0.3) is 0 Å². The minimum Gasteiger partial charge on any atom is -0.371 e. The third kappa shape index (κ3) is 3.79. The molecule has 4 aromatic heterocycles. The maximum Gasteiger partial charge on any atom is 0.227 e. The van der Waals surface area contributed by atoms with Gasteiger partial charge in [0.15, 0.2) is 0 Å². The fourth-order valence-electron chi connectivity index (χ4n) is 5.21. The van der Waals surface area contributed by atoms with Crippen LogP contribution in [-0.2, 0) is 4.79 Å². The molecule has 1 aromatic carbocycles. The Bertz CT molecular complexity index is 1590. The number of H-pyrrole nitrogens is 2. The summed E-state index contributed by atoms with van der Waals surface area (Å²) >= 11 is 0. The predicted octanol–water partition coefficient (Wildman–Crippen LogP) is 5.51. The summed E-state index contributed by atoms with van der Waals surface area (Å²) in [6, 6.07) is 12.5. The predicted molar refractivity (Wildman–Crippen MR) is 142 cm³/mol. The number of nitrogens with zero attached hydrogens (tertiary/aromatic N) is 4. The maximum absolute atomic E-state index is 12.2. The number of aromatic amines is 2. The number of rotatable bonds is 5. The van der Waals surface area contributed by atoms with Gasteiger partial charge in [-0.2, -0.15) is 5.10 Å². The number of amides is 1. The highest BCUT2D eigenvalue weighted by Crippen LogP contribution is 2.35. The highest BCUT2D eigenvalue weighted by Gasteiger charge is 2.29. The molecule has 1 aliphatic heterocycles. The van der Waals surface area contributed by atoms with E-state index in [0.29, 0.717) is 0 Å². The Hall–Kier alpha value is -4.20. The first-order valence-electron chi connectivity index (χ1n) is 12.7. The van der Waals surface area contributed by atoms with E-state index >= 15 is 0 Å². The lowest BCUT2D eigenvalue weighted by molar-refractivity contribution is -0.117. The van der Waals surface area contributed by atoms with Gasteiger partial charge < -0.3 is 15.2 Å². The number of carbonyl (C=O) groups excluding carboxylic acids is 1. The van der Waals surface area contributed by atoms with Gasteiger partial charge in [0, 0.05) is 53.4 Å². The zero-order valence-electron chi connectivity index (χ0n) is 19.9. The van der Waals surface area contributed by atoms with E-state index in [1.165, 1.54) is 24.9 Å². The van der Waals surface area contributed by atoms with Crippen LogP contribution in [0.2, 0.25) is 0 Å². The normalized spacial score (nSPS) is 16.1. The molecule has 5 heterocycles. The van der Waals surface area contributed by atoms with Gasteiger partial charge >= 0.3 is 0 Å². The maximum atomic E-state index is 12.2. The van der Waals surface area contributed by atoms with E-state index in [1.807, 2.05) is 24.5 Å². The Labute approximate surface area is 208 Å². The second-order valence-electron chi connectivity index (χ2n) is 9.88. The number of hydrogen-bond donors (Lipinski definition) is 3. The minimum atomic E-state index is 0.0814. The monoisotopic (exact) mass is 477 g/mol. The molecule has 36 heavy (non-hydrogen) atoms. The number of pyridine rings is 2. The number of anilines is 2. The van der Waals surface area contributed by atoms with Crippen molar-refractivity contribution in [3.63, 3.8) is 0 Å². The molecule has 0 spiro atoms. The second kappa shape index (κ2) is 8.48. The lowest BCUT2D eigenvalue weighted by Gasteiger charge is -2.29. The van der Waals surface area contributed by atoms with Gasteiger partial charge in [0.1, 0.15) is 11.3 Å². The van der Waals surface area contributed by atoms with Crippen molar-refractivity contribution in [2.75, 3.05) is 23.3 Å². The number of carbonyl (C=O) groups is 1. The quantitative estimate of drug-likeness (QED) is 0.310. The van der Waals surface area contributed by atoms with Crippen LogP contribution in [0.25, 0.3) is 44.5 Å². The molecule has 0 unspecified atom stereocenters. The molecule has 7 rings (SSSR count). The highest BCUT2D eigenvalue weighted by molar-refractivity contribution is 6.00. The molecule has 1 amide bonds. The van der Waals surface area contributed by atoms with Gasteiger partial charge in [-0.15, -0.1) is 0 Å². The molecule has 1 saturated carbocycles. The van der Waals surface area contributed by atoms with Crippen molar-refractivity contribution in [2.45, 2.75) is 32.1 Å². The van der Waals surface area contributed by atoms with Crippen LogP contribution in [0.15, 0.2) is 55.0 Å². The summed E-state index contributed by atoms with van der Waals surface area (Å²) in [6.07, 6.45) is 11.1. The molecule has 3 N–H and O–H groups in total. The first kappa shape index (κ1) is 21.1. The van der Waals surface area contributed by atoms with Crippen molar-refractivity contribution in [3.05, 3.63) is 55.0 Å². The molecule has 0 atom stereocenters. The fourth-order valence-corrected chi connectivity index (χ4v) is 5.21. The van der Waals surface area contributed by atoms with Gasteiger partial charge in [-0.3, -0.25) is 14.9 Å². The van der Waals surface area contributed by atoms with Gasteiger partial charge in [-0.25, -0.2) is 4.98 Å². The average molecular weight is 478 g/mol. The van der Waals surface area contributed by atoms with Crippen molar-refractivity contribution in [3.8, 4) is 22.5 Å². The zero-order valence-corrected chi connectivity index (χ0v) is 19.9. The van der Waals surface area contributed by atoms with Crippen LogP contribution < -0.4 is 10.2 Å². The van der Waals surface area contributed by atoms with Crippen LogP contribution >= 0.6 is 0 Å². The highest BCUT2D eigenvalue weighted by atomic mass is 16.2. The van der Waals surface area contributed by atoms with Crippen LogP contribution in [0.1, 0.15) is 32.1 Å². The number of nitrogens with one attached hydrogen (secondary N) is 3. The molecule has 180 valence electrons. The molecule has 5 aromatic rings. The van der Waals surface area contributed by atoms with Crippen LogP contribution in [0.5, 0.6) is 0 Å². The molecule has 2 aliphatic rings. The largest absolute Gasteiger partial charge is 0.371 e. The average Bonchev–Trinajstić information content (AvgIpc) is 3.55. The molecule has 1 saturated heterocycles. The van der Waals surface area contributed by atoms with E-state index in [-0.39, 0.29) is 11.8 Å². The van der Waals surface area contributed by atoms with Gasteiger partial charge in [-0.1, -0.05) is 6.07 Å². The molecule has 8 nitrogen and oxygen atoms in total. The molecular weight excluding hydrogens is 450 g/mol. The molecule has 2 fully saturated rings. The molecule has 8 heteroatoms. The van der Waals surface area contributed by atoms with E-state index in [0.717, 1.165) is 76.1 Å². The number of benzene rings is 1. The molecule has 0 bridgehead atoms. The summed E-state index contributed by atoms with van der Waals surface area (Å²) < 4.78 is 0. The van der Waals surface area contributed by atoms with Crippen molar-refractivity contribution in [2.24, 2.45) is 5.92 Å².